The molecule has 3 atom stereocenters. The lowest BCUT2D eigenvalue weighted by Crippen LogP contribution is -2.28. The fourth-order valence-corrected chi connectivity index (χ4v) is 1.68. The van der Waals surface area contributed by atoms with Crippen LogP contribution in [-0.4, -0.2) is 42.9 Å². The monoisotopic (exact) mass is 230 g/mol. The molecule has 94 valence electrons. The van der Waals surface area contributed by atoms with Gasteiger partial charge in [0.15, 0.2) is 6.29 Å². The topological polar surface area (TPSA) is 51.2 Å². The van der Waals surface area contributed by atoms with E-state index < -0.39 is 6.10 Å². The minimum absolute atomic E-state index is 0.125. The van der Waals surface area contributed by atoms with E-state index in [9.17, 15) is 5.11 Å². The maximum absolute atomic E-state index is 9.79. The lowest BCUT2D eigenvalue weighted by atomic mass is 10.1. The maximum Gasteiger partial charge on any atom is 0.186 e. The third-order valence-corrected chi connectivity index (χ3v) is 2.54. The maximum atomic E-state index is 9.79. The Hall–Kier alpha value is -0.420. The van der Waals surface area contributed by atoms with Crippen molar-refractivity contribution in [1.29, 1.82) is 0 Å². The smallest absolute Gasteiger partial charge is 0.186 e. The summed E-state index contributed by atoms with van der Waals surface area (Å²) in [7, 11) is 0. The highest BCUT2D eigenvalue weighted by Gasteiger charge is 2.50. The standard InChI is InChI=1S/C12H22O4/c1-4-7-8-9(13)10-11(16-10)12(14-5-2)15-6-3/h4,9-13H,1,5-8H2,2-3H3/t9-,10+,11+/m0/s1. The molecule has 1 saturated heterocycles. The van der Waals surface area contributed by atoms with E-state index in [-0.39, 0.29) is 18.5 Å². The second kappa shape index (κ2) is 7.01. The van der Waals surface area contributed by atoms with E-state index in [0.29, 0.717) is 19.6 Å². The van der Waals surface area contributed by atoms with Gasteiger partial charge in [0.2, 0.25) is 0 Å². The van der Waals surface area contributed by atoms with Crippen LogP contribution in [0.25, 0.3) is 0 Å². The van der Waals surface area contributed by atoms with Crippen LogP contribution < -0.4 is 0 Å². The quantitative estimate of drug-likeness (QED) is 0.370. The first-order valence-electron chi connectivity index (χ1n) is 5.92. The van der Waals surface area contributed by atoms with Gasteiger partial charge in [-0.1, -0.05) is 6.08 Å². The molecule has 1 fully saturated rings. The third-order valence-electron chi connectivity index (χ3n) is 2.54. The Balaban J connectivity index is 2.31. The van der Waals surface area contributed by atoms with Crippen LogP contribution in [0.3, 0.4) is 0 Å². The molecule has 1 aliphatic rings. The minimum atomic E-state index is -0.452. The molecule has 0 radical (unpaired) electrons. The molecule has 4 nitrogen and oxygen atoms in total. The lowest BCUT2D eigenvalue weighted by Gasteiger charge is -2.15. The van der Waals surface area contributed by atoms with E-state index in [1.807, 2.05) is 13.8 Å². The largest absolute Gasteiger partial charge is 0.390 e. The van der Waals surface area contributed by atoms with Crippen LogP contribution in [0.15, 0.2) is 12.7 Å². The summed E-state index contributed by atoms with van der Waals surface area (Å²) in [6.07, 6.45) is 2.19. The Morgan fingerprint density at radius 3 is 2.44 bits per heavy atom. The van der Waals surface area contributed by atoms with Crippen molar-refractivity contribution in [3.05, 3.63) is 12.7 Å². The van der Waals surface area contributed by atoms with E-state index in [4.69, 9.17) is 14.2 Å². The van der Waals surface area contributed by atoms with Gasteiger partial charge in [-0.25, -0.2) is 0 Å². The molecule has 0 bridgehead atoms. The molecule has 0 aromatic rings. The zero-order valence-corrected chi connectivity index (χ0v) is 10.1. The summed E-state index contributed by atoms with van der Waals surface area (Å²) in [5, 5.41) is 9.79. The Morgan fingerprint density at radius 1 is 1.31 bits per heavy atom. The normalized spacial score (nSPS) is 25.8. The van der Waals surface area contributed by atoms with Gasteiger partial charge < -0.3 is 19.3 Å². The molecule has 0 aromatic carbocycles. The fraction of sp³-hybridized carbons (Fsp3) is 0.833. The molecule has 1 N–H and O–H groups in total. The number of epoxide rings is 1. The third kappa shape index (κ3) is 3.87. The van der Waals surface area contributed by atoms with Gasteiger partial charge >= 0.3 is 0 Å². The van der Waals surface area contributed by atoms with Gasteiger partial charge in [0, 0.05) is 13.2 Å². The molecule has 0 unspecified atom stereocenters. The Labute approximate surface area is 97.2 Å². The van der Waals surface area contributed by atoms with Crippen LogP contribution in [0.5, 0.6) is 0 Å². The van der Waals surface area contributed by atoms with E-state index in [1.165, 1.54) is 0 Å². The van der Waals surface area contributed by atoms with Gasteiger partial charge in [0.05, 0.1) is 6.10 Å². The van der Waals surface area contributed by atoms with Crippen molar-refractivity contribution in [3.63, 3.8) is 0 Å². The zero-order chi connectivity index (χ0) is 12.0. The average molecular weight is 230 g/mol. The average Bonchev–Trinajstić information content (AvgIpc) is 3.05. The Kier molecular flexibility index (Phi) is 5.98. The van der Waals surface area contributed by atoms with Crippen LogP contribution in [0, 0.1) is 0 Å². The lowest BCUT2D eigenvalue weighted by molar-refractivity contribution is -0.147. The fourth-order valence-electron chi connectivity index (χ4n) is 1.68. The molecule has 1 rings (SSSR count). The van der Waals surface area contributed by atoms with Crippen molar-refractivity contribution in [2.24, 2.45) is 0 Å². The summed E-state index contributed by atoms with van der Waals surface area (Å²) in [6.45, 7) is 8.62. The number of aliphatic hydroxyl groups is 1. The zero-order valence-electron chi connectivity index (χ0n) is 10.1. The molecule has 1 aliphatic heterocycles. The minimum Gasteiger partial charge on any atom is -0.390 e. The highest BCUT2D eigenvalue weighted by atomic mass is 16.7. The molecule has 0 spiro atoms. The summed E-state index contributed by atoms with van der Waals surface area (Å²) in [5.41, 5.74) is 0. The summed E-state index contributed by atoms with van der Waals surface area (Å²) in [5.74, 6) is 0. The van der Waals surface area contributed by atoms with Gasteiger partial charge in [-0.05, 0) is 26.7 Å². The number of allylic oxidation sites excluding steroid dienone is 1. The van der Waals surface area contributed by atoms with Crippen molar-refractivity contribution < 1.29 is 19.3 Å². The van der Waals surface area contributed by atoms with Crippen molar-refractivity contribution in [2.75, 3.05) is 13.2 Å². The van der Waals surface area contributed by atoms with Crippen LogP contribution in [0.1, 0.15) is 26.7 Å². The number of aliphatic hydroxyl groups excluding tert-OH is 1. The number of rotatable bonds is 9. The van der Waals surface area contributed by atoms with E-state index in [1.54, 1.807) is 6.08 Å². The molecular weight excluding hydrogens is 208 g/mol. The summed E-state index contributed by atoms with van der Waals surface area (Å²) >= 11 is 0. The van der Waals surface area contributed by atoms with Crippen LogP contribution >= 0.6 is 0 Å². The first-order chi connectivity index (χ1) is 7.74. The molecule has 0 saturated carbocycles. The molecule has 0 aliphatic carbocycles. The first-order valence-corrected chi connectivity index (χ1v) is 5.92. The highest BCUT2D eigenvalue weighted by molar-refractivity contribution is 4.93. The van der Waals surface area contributed by atoms with Gasteiger partial charge in [-0.2, -0.15) is 0 Å². The SMILES string of the molecule is C=CCC[C@H](O)[C@H]1O[C@H]1C(OCC)OCC. The van der Waals surface area contributed by atoms with Gasteiger partial charge in [-0.3, -0.25) is 0 Å². The molecule has 1 heterocycles. The molecule has 0 aromatic heterocycles. The number of hydrogen-bond donors (Lipinski definition) is 1. The Bertz CT molecular complexity index is 201. The van der Waals surface area contributed by atoms with Gasteiger partial charge in [0.25, 0.3) is 0 Å². The molecule has 4 heteroatoms. The highest BCUT2D eigenvalue weighted by Crippen LogP contribution is 2.32. The first kappa shape index (κ1) is 13.6. The Morgan fingerprint density at radius 2 is 1.94 bits per heavy atom. The molecular formula is C12H22O4. The summed E-state index contributed by atoms with van der Waals surface area (Å²) in [4.78, 5) is 0. The van der Waals surface area contributed by atoms with Crippen molar-refractivity contribution in [1.82, 2.24) is 0 Å². The van der Waals surface area contributed by atoms with Crippen LogP contribution in [0.2, 0.25) is 0 Å². The van der Waals surface area contributed by atoms with E-state index in [0.717, 1.165) is 6.42 Å². The second-order valence-corrected chi connectivity index (χ2v) is 3.78. The van der Waals surface area contributed by atoms with Crippen LogP contribution in [-0.2, 0) is 14.2 Å². The number of hydrogen-bond acceptors (Lipinski definition) is 4. The van der Waals surface area contributed by atoms with Gasteiger partial charge in [0.1, 0.15) is 12.2 Å². The van der Waals surface area contributed by atoms with Crippen molar-refractivity contribution in [3.8, 4) is 0 Å². The van der Waals surface area contributed by atoms with E-state index >= 15 is 0 Å². The number of ether oxygens (including phenoxy) is 3. The second-order valence-electron chi connectivity index (χ2n) is 3.78. The van der Waals surface area contributed by atoms with Crippen LogP contribution in [0.4, 0.5) is 0 Å². The summed E-state index contributed by atoms with van der Waals surface area (Å²) < 4.78 is 16.2. The molecule has 16 heavy (non-hydrogen) atoms. The molecule has 0 amide bonds. The predicted molar refractivity (Wildman–Crippen MR) is 61.1 cm³/mol. The van der Waals surface area contributed by atoms with E-state index in [2.05, 4.69) is 6.58 Å². The van der Waals surface area contributed by atoms with Crippen molar-refractivity contribution >= 4 is 0 Å². The van der Waals surface area contributed by atoms with Gasteiger partial charge in [-0.15, -0.1) is 6.58 Å². The summed E-state index contributed by atoms with van der Waals surface area (Å²) in [6, 6.07) is 0. The predicted octanol–water partition coefficient (Wildman–Crippen LogP) is 1.48. The van der Waals surface area contributed by atoms with Crippen molar-refractivity contribution in [2.45, 2.75) is 51.3 Å².